The van der Waals surface area contributed by atoms with Gasteiger partial charge in [-0.3, -0.25) is 19.6 Å². The van der Waals surface area contributed by atoms with Crippen LogP contribution in [0.2, 0.25) is 5.02 Å². The van der Waals surface area contributed by atoms with Gasteiger partial charge in [-0.05, 0) is 109 Å². The number of nitrogens with zero attached hydrogens (tertiary/aromatic N) is 6. The summed E-state index contributed by atoms with van der Waals surface area (Å²) in [6.45, 7) is 7.89. The molecule has 1 unspecified atom stereocenters. The number of amides is 2. The fraction of sp³-hybridized carbons (Fsp3) is 0.405. The van der Waals surface area contributed by atoms with Crippen molar-refractivity contribution in [2.24, 2.45) is 0 Å². The minimum absolute atomic E-state index is 0.195. The van der Waals surface area contributed by atoms with Gasteiger partial charge in [0.2, 0.25) is 5.91 Å². The lowest BCUT2D eigenvalue weighted by molar-refractivity contribution is -0.140. The Morgan fingerprint density at radius 1 is 1.08 bits per heavy atom. The fourth-order valence-electron chi connectivity index (χ4n) is 6.72. The summed E-state index contributed by atoms with van der Waals surface area (Å²) in [7, 11) is 0. The molecule has 2 atom stereocenters. The number of carbonyl (C=O) groups is 2. The predicted octanol–water partition coefficient (Wildman–Crippen LogP) is 7.06. The third-order valence-corrected chi connectivity index (χ3v) is 9.65. The van der Waals surface area contributed by atoms with Crippen LogP contribution in [0.25, 0.3) is 0 Å². The average molecular weight is 752 g/mol. The number of fused-ring (bicyclic) bond motifs is 2. The topological polar surface area (TPSA) is 83.8 Å². The average Bonchev–Trinajstić information content (AvgIpc) is 3.53. The molecule has 1 saturated heterocycles. The number of hydrogen-bond acceptors (Lipinski definition) is 6. The summed E-state index contributed by atoms with van der Waals surface area (Å²) < 4.78 is 22.6. The molecule has 2 aromatic heterocycles. The van der Waals surface area contributed by atoms with Crippen LogP contribution >= 0.6 is 27.5 Å². The number of halogens is 3. The van der Waals surface area contributed by atoms with Crippen LogP contribution in [0.15, 0.2) is 77.9 Å². The van der Waals surface area contributed by atoms with Gasteiger partial charge in [-0.15, -0.1) is 0 Å². The molecule has 0 N–H and O–H groups in total. The number of piperazine rings is 1. The molecule has 6 rings (SSSR count). The molecule has 1 aliphatic heterocycles. The van der Waals surface area contributed by atoms with E-state index in [4.69, 9.17) is 21.3 Å². The minimum Gasteiger partial charge on any atom is -0.444 e. The van der Waals surface area contributed by atoms with Gasteiger partial charge in [-0.2, -0.15) is 0 Å². The van der Waals surface area contributed by atoms with E-state index in [2.05, 4.69) is 37.9 Å². The van der Waals surface area contributed by atoms with Gasteiger partial charge in [0.15, 0.2) is 0 Å². The number of carbonyl (C=O) groups excluding carboxylic acids is 2. The number of benzene rings is 2. The molecule has 0 spiro atoms. The second-order valence-electron chi connectivity index (χ2n) is 13.7. The fourth-order valence-corrected chi connectivity index (χ4v) is 7.30. The molecular weight excluding hydrogens is 711 g/mol. The molecule has 49 heavy (non-hydrogen) atoms. The first-order chi connectivity index (χ1) is 23.4. The Morgan fingerprint density at radius 3 is 2.59 bits per heavy atom. The van der Waals surface area contributed by atoms with E-state index in [1.165, 1.54) is 12.1 Å². The van der Waals surface area contributed by atoms with Crippen LogP contribution in [0.4, 0.5) is 9.18 Å². The first kappa shape index (κ1) is 35.0. The summed E-state index contributed by atoms with van der Waals surface area (Å²) in [5.74, 6) is -0.536. The summed E-state index contributed by atoms with van der Waals surface area (Å²) in [6.07, 6.45) is 8.92. The van der Waals surface area contributed by atoms with Crippen molar-refractivity contribution in [2.45, 2.75) is 70.8 Å². The molecular formula is C37H41BrClFN6O3. The number of rotatable bonds is 8. The lowest BCUT2D eigenvalue weighted by Gasteiger charge is -2.45. The van der Waals surface area contributed by atoms with Crippen LogP contribution in [0.5, 0.6) is 0 Å². The highest BCUT2D eigenvalue weighted by molar-refractivity contribution is 9.10. The van der Waals surface area contributed by atoms with Crippen molar-refractivity contribution < 1.29 is 18.7 Å². The molecule has 9 nitrogen and oxygen atoms in total. The molecule has 3 heterocycles. The zero-order chi connectivity index (χ0) is 34.7. The van der Waals surface area contributed by atoms with E-state index in [0.29, 0.717) is 31.1 Å². The van der Waals surface area contributed by atoms with Crippen molar-refractivity contribution in [3.63, 3.8) is 0 Å². The number of pyridine rings is 1. The zero-order valence-corrected chi connectivity index (χ0v) is 30.3. The summed E-state index contributed by atoms with van der Waals surface area (Å²) in [5.41, 5.74) is 4.36. The zero-order valence-electron chi connectivity index (χ0n) is 28.0. The Kier molecular flexibility index (Phi) is 10.7. The van der Waals surface area contributed by atoms with Crippen molar-refractivity contribution in [1.82, 2.24) is 29.2 Å². The first-order valence-electron chi connectivity index (χ1n) is 16.6. The summed E-state index contributed by atoms with van der Waals surface area (Å²) in [5, 5.41) is 0.674. The van der Waals surface area contributed by atoms with Crippen molar-refractivity contribution in [1.29, 1.82) is 0 Å². The lowest BCUT2D eigenvalue weighted by atomic mass is 9.95. The highest BCUT2D eigenvalue weighted by atomic mass is 79.9. The molecule has 2 aromatic carbocycles. The maximum atomic E-state index is 14.8. The quantitative estimate of drug-likeness (QED) is 0.192. The van der Waals surface area contributed by atoms with E-state index in [1.807, 2.05) is 49.9 Å². The van der Waals surface area contributed by atoms with Gasteiger partial charge in [0, 0.05) is 67.4 Å². The maximum absolute atomic E-state index is 14.8. The van der Waals surface area contributed by atoms with Crippen molar-refractivity contribution in [3.05, 3.63) is 117 Å². The molecule has 0 saturated carbocycles. The Hall–Kier alpha value is -3.80. The number of ether oxygens (including phenoxy) is 1. The maximum Gasteiger partial charge on any atom is 0.411 e. The molecule has 12 heteroatoms. The Labute approximate surface area is 300 Å². The lowest BCUT2D eigenvalue weighted by Crippen LogP contribution is -2.62. The largest absolute Gasteiger partial charge is 0.444 e. The summed E-state index contributed by atoms with van der Waals surface area (Å²) in [6, 6.07) is 13.2. The van der Waals surface area contributed by atoms with E-state index in [9.17, 15) is 14.0 Å². The van der Waals surface area contributed by atoms with Gasteiger partial charge >= 0.3 is 6.09 Å². The molecule has 258 valence electrons. The van der Waals surface area contributed by atoms with Crippen molar-refractivity contribution in [2.75, 3.05) is 26.2 Å². The molecule has 1 fully saturated rings. The van der Waals surface area contributed by atoms with E-state index in [0.717, 1.165) is 45.3 Å². The third-order valence-electron chi connectivity index (χ3n) is 8.98. The van der Waals surface area contributed by atoms with E-state index in [1.54, 1.807) is 34.5 Å². The molecule has 4 aromatic rings. The van der Waals surface area contributed by atoms with Gasteiger partial charge in [0.25, 0.3) is 0 Å². The molecule has 0 bridgehead atoms. The van der Waals surface area contributed by atoms with Crippen molar-refractivity contribution >= 4 is 39.5 Å². The highest BCUT2D eigenvalue weighted by Crippen LogP contribution is 2.39. The Morgan fingerprint density at radius 2 is 1.86 bits per heavy atom. The van der Waals surface area contributed by atoms with Crippen LogP contribution in [-0.4, -0.2) is 79.1 Å². The Bertz CT molecular complexity index is 1730. The monoisotopic (exact) mass is 750 g/mol. The Balaban J connectivity index is 1.36. The first-order valence-corrected chi connectivity index (χ1v) is 17.8. The number of aromatic nitrogens is 3. The number of imidazole rings is 1. The third kappa shape index (κ3) is 8.51. The number of hydrogen-bond donors (Lipinski definition) is 0. The highest BCUT2D eigenvalue weighted by Gasteiger charge is 2.43. The second kappa shape index (κ2) is 15.0. The van der Waals surface area contributed by atoms with Crippen LogP contribution < -0.4 is 0 Å². The van der Waals surface area contributed by atoms with Crippen LogP contribution in [0.1, 0.15) is 61.2 Å². The van der Waals surface area contributed by atoms with Gasteiger partial charge in [-0.1, -0.05) is 29.8 Å². The smallest absolute Gasteiger partial charge is 0.411 e. The van der Waals surface area contributed by atoms with Gasteiger partial charge in [0.1, 0.15) is 17.5 Å². The van der Waals surface area contributed by atoms with Crippen LogP contribution in [0.3, 0.4) is 0 Å². The molecule has 2 amide bonds. The van der Waals surface area contributed by atoms with E-state index >= 15 is 0 Å². The van der Waals surface area contributed by atoms with Gasteiger partial charge < -0.3 is 14.2 Å². The van der Waals surface area contributed by atoms with Crippen LogP contribution in [-0.2, 0) is 35.5 Å². The van der Waals surface area contributed by atoms with Gasteiger partial charge in [0.05, 0.1) is 18.1 Å². The molecule has 1 aliphatic carbocycles. The SMILES string of the molecule is CC(C)(C)OC(=O)N1CCN(C2c3ccc(Cl)cc3CCc3cc(Br)cnc32)C[C@@H]1C(=O)N(CCCn1ccnc1)Cc1ccc(F)cc1. The van der Waals surface area contributed by atoms with E-state index < -0.39 is 17.7 Å². The normalized spacial score (nSPS) is 18.0. The molecule has 0 radical (unpaired) electrons. The van der Waals surface area contributed by atoms with Crippen LogP contribution in [0, 0.1) is 5.82 Å². The standard InChI is InChI=1S/C37H41BrClFN6O3/c1-37(2,3)49-36(48)46-18-17-44(34-31-12-9-29(39)20-26(31)7-8-27-19-28(38)21-42-33(27)34)23-32(46)35(47)45(15-4-14-43-16-13-41-24-43)22-25-5-10-30(40)11-6-25/h5-6,9-13,16,19-21,24,32,34H,4,7-8,14-15,17-18,22-23H2,1-3H3/t32-,34?/m1/s1. The minimum atomic E-state index is -0.838. The van der Waals surface area contributed by atoms with Crippen molar-refractivity contribution in [3.8, 4) is 0 Å². The summed E-state index contributed by atoms with van der Waals surface area (Å²) >= 11 is 10.1. The predicted molar refractivity (Wildman–Crippen MR) is 190 cm³/mol. The van der Waals surface area contributed by atoms with Gasteiger partial charge in [-0.25, -0.2) is 14.2 Å². The molecule has 2 aliphatic rings. The van der Waals surface area contributed by atoms with E-state index in [-0.39, 0.29) is 37.4 Å². The summed E-state index contributed by atoms with van der Waals surface area (Å²) in [4.78, 5) is 43.3. The second-order valence-corrected chi connectivity index (χ2v) is 15.0. The number of aryl methyl sites for hydroxylation is 3.